The second kappa shape index (κ2) is 13.5. The highest BCUT2D eigenvalue weighted by Crippen LogP contribution is 2.30. The summed E-state index contributed by atoms with van der Waals surface area (Å²) in [6.45, 7) is 0.240. The van der Waals surface area contributed by atoms with Crippen LogP contribution >= 0.6 is 0 Å². The van der Waals surface area contributed by atoms with Crippen molar-refractivity contribution < 1.29 is 29.7 Å². The number of aliphatic hydroxyl groups is 2. The summed E-state index contributed by atoms with van der Waals surface area (Å²) in [5.74, 6) is -1.05. The highest BCUT2D eigenvalue weighted by atomic mass is 16.4. The fraction of sp³-hybridized carbons (Fsp3) is 0.229. The minimum Gasteiger partial charge on any atom is -0.478 e. The summed E-state index contributed by atoms with van der Waals surface area (Å²) < 4.78 is 0. The lowest BCUT2D eigenvalue weighted by Gasteiger charge is -2.36. The average molecular weight is 579 g/mol. The fourth-order valence-corrected chi connectivity index (χ4v) is 5.66. The number of hydrogen-bond acceptors (Lipinski definition) is 5. The number of rotatable bonds is 10. The molecule has 1 aliphatic rings. The molecule has 4 aromatic carbocycles. The second-order valence-corrected chi connectivity index (χ2v) is 10.9. The van der Waals surface area contributed by atoms with Crippen molar-refractivity contribution in [3.8, 4) is 0 Å². The van der Waals surface area contributed by atoms with Gasteiger partial charge in [-0.2, -0.15) is 0 Å². The van der Waals surface area contributed by atoms with Crippen LogP contribution in [-0.4, -0.2) is 67.7 Å². The van der Waals surface area contributed by atoms with Gasteiger partial charge in [0, 0.05) is 18.7 Å². The summed E-state index contributed by atoms with van der Waals surface area (Å²) in [7, 11) is 0. The number of carbonyl (C=O) groups excluding carboxylic acids is 2. The van der Waals surface area contributed by atoms with Crippen LogP contribution in [0.4, 0.5) is 4.79 Å². The Morgan fingerprint density at radius 3 is 1.44 bits per heavy atom. The lowest BCUT2D eigenvalue weighted by atomic mass is 9.91. The maximum absolute atomic E-state index is 14.6. The Hall–Kier alpha value is -4.79. The number of benzene rings is 4. The van der Waals surface area contributed by atoms with Gasteiger partial charge in [-0.1, -0.05) is 97.1 Å². The van der Waals surface area contributed by atoms with Crippen LogP contribution in [0.1, 0.15) is 43.0 Å². The van der Waals surface area contributed by atoms with Crippen molar-refractivity contribution in [2.75, 3.05) is 0 Å². The van der Waals surface area contributed by atoms with Crippen LogP contribution in [-0.2, 0) is 25.9 Å². The summed E-state index contributed by atoms with van der Waals surface area (Å²) in [6, 6.07) is 30.4. The van der Waals surface area contributed by atoms with E-state index in [9.17, 15) is 29.7 Å². The maximum atomic E-state index is 14.6. The van der Waals surface area contributed by atoms with Crippen LogP contribution in [0.5, 0.6) is 0 Å². The Kier molecular flexibility index (Phi) is 9.29. The molecule has 0 spiro atoms. The van der Waals surface area contributed by atoms with Gasteiger partial charge in [-0.05, 0) is 47.2 Å². The van der Waals surface area contributed by atoms with E-state index in [4.69, 9.17) is 0 Å². The number of urea groups is 1. The molecule has 0 saturated carbocycles. The van der Waals surface area contributed by atoms with Crippen molar-refractivity contribution in [1.29, 1.82) is 0 Å². The van der Waals surface area contributed by atoms with Gasteiger partial charge in [0.15, 0.2) is 0 Å². The van der Waals surface area contributed by atoms with Gasteiger partial charge < -0.3 is 25.1 Å². The standard InChI is InChI=1S/C35H34N2O6/c38-23-28-13-11-26(12-14-28)21-36-30(19-24-7-3-1-4-8-24)32(39)33(40)31(20-25-9-5-2-6-10-25)37(35(36)43)22-27-15-17-29(18-16-27)34(41)42/h1-18,23,30-33,39-40H,19-22H2,(H,41,42)/t30-,31-,32+,33+/m1/s1. The Bertz CT molecular complexity index is 1530. The lowest BCUT2D eigenvalue weighted by molar-refractivity contribution is -0.0408. The number of carbonyl (C=O) groups is 3. The van der Waals surface area contributed by atoms with Gasteiger partial charge >= 0.3 is 12.0 Å². The molecular formula is C35H34N2O6. The average Bonchev–Trinajstić information content (AvgIpc) is 3.10. The van der Waals surface area contributed by atoms with Crippen molar-refractivity contribution >= 4 is 18.3 Å². The van der Waals surface area contributed by atoms with E-state index in [-0.39, 0.29) is 24.7 Å². The van der Waals surface area contributed by atoms with E-state index in [1.807, 2.05) is 60.7 Å². The molecule has 1 heterocycles. The summed E-state index contributed by atoms with van der Waals surface area (Å²) in [5.41, 5.74) is 3.91. The first-order valence-corrected chi connectivity index (χ1v) is 14.2. The molecule has 3 N–H and O–H groups in total. The number of amides is 2. The van der Waals surface area contributed by atoms with E-state index in [1.165, 1.54) is 12.1 Å². The van der Waals surface area contributed by atoms with Crippen molar-refractivity contribution in [2.24, 2.45) is 0 Å². The normalized spacial score (nSPS) is 20.5. The van der Waals surface area contributed by atoms with Crippen LogP contribution in [0, 0.1) is 0 Å². The second-order valence-electron chi connectivity index (χ2n) is 10.9. The van der Waals surface area contributed by atoms with Crippen LogP contribution < -0.4 is 0 Å². The molecule has 8 heteroatoms. The highest BCUT2D eigenvalue weighted by molar-refractivity contribution is 5.87. The SMILES string of the molecule is O=Cc1ccc(CN2C(=O)N(Cc3ccc(C(=O)O)cc3)[C@H](Cc3ccccc3)[C@H](O)[C@@H](O)[C@H]2Cc2ccccc2)cc1. The minimum atomic E-state index is -1.28. The molecule has 220 valence electrons. The summed E-state index contributed by atoms with van der Waals surface area (Å²) >= 11 is 0. The Balaban J connectivity index is 1.57. The predicted octanol–water partition coefficient (Wildman–Crippen LogP) is 4.58. The summed E-state index contributed by atoms with van der Waals surface area (Å²) in [5, 5.41) is 32.9. The Morgan fingerprint density at radius 2 is 1.05 bits per heavy atom. The number of carboxylic acid groups (broad SMARTS) is 1. The number of hydrogen-bond donors (Lipinski definition) is 3. The maximum Gasteiger partial charge on any atom is 0.335 e. The first kappa shape index (κ1) is 29.7. The molecule has 5 rings (SSSR count). The predicted molar refractivity (Wildman–Crippen MR) is 162 cm³/mol. The van der Waals surface area contributed by atoms with E-state index >= 15 is 0 Å². The van der Waals surface area contributed by atoms with Gasteiger partial charge in [0.1, 0.15) is 18.5 Å². The van der Waals surface area contributed by atoms with Crippen molar-refractivity contribution in [3.63, 3.8) is 0 Å². The van der Waals surface area contributed by atoms with Gasteiger partial charge in [-0.25, -0.2) is 9.59 Å². The molecule has 4 atom stereocenters. The van der Waals surface area contributed by atoms with Crippen LogP contribution in [0.25, 0.3) is 0 Å². The zero-order valence-corrected chi connectivity index (χ0v) is 23.6. The quantitative estimate of drug-likeness (QED) is 0.237. The third-order valence-electron chi connectivity index (χ3n) is 8.03. The summed E-state index contributed by atoms with van der Waals surface area (Å²) in [4.78, 5) is 40.5. The smallest absolute Gasteiger partial charge is 0.335 e. The third-order valence-corrected chi connectivity index (χ3v) is 8.03. The van der Waals surface area contributed by atoms with Crippen molar-refractivity contribution in [3.05, 3.63) is 143 Å². The minimum absolute atomic E-state index is 0.0959. The van der Waals surface area contributed by atoms with Crippen LogP contribution in [0.3, 0.4) is 0 Å². The van der Waals surface area contributed by atoms with Crippen LogP contribution in [0.15, 0.2) is 109 Å². The zero-order chi connectivity index (χ0) is 30.3. The molecule has 0 bridgehead atoms. The van der Waals surface area contributed by atoms with Crippen molar-refractivity contribution in [2.45, 2.75) is 50.2 Å². The monoisotopic (exact) mass is 578 g/mol. The molecule has 1 fully saturated rings. The van der Waals surface area contributed by atoms with Gasteiger partial charge in [-0.3, -0.25) is 4.79 Å². The molecule has 4 aromatic rings. The first-order chi connectivity index (χ1) is 20.8. The van der Waals surface area contributed by atoms with E-state index in [0.717, 1.165) is 23.0 Å². The number of nitrogens with zero attached hydrogens (tertiary/aromatic N) is 2. The Morgan fingerprint density at radius 1 is 0.628 bits per heavy atom. The molecule has 43 heavy (non-hydrogen) atoms. The molecule has 1 aliphatic heterocycles. The van der Waals surface area contributed by atoms with Gasteiger partial charge in [0.25, 0.3) is 0 Å². The number of aldehydes is 1. The molecule has 2 amide bonds. The number of aliphatic hydroxyl groups excluding tert-OH is 2. The van der Waals surface area contributed by atoms with Crippen LogP contribution in [0.2, 0.25) is 0 Å². The molecule has 1 saturated heterocycles. The molecule has 0 unspecified atom stereocenters. The highest BCUT2D eigenvalue weighted by Gasteiger charge is 2.46. The number of aromatic carboxylic acids is 1. The molecule has 8 nitrogen and oxygen atoms in total. The lowest BCUT2D eigenvalue weighted by Crippen LogP contribution is -2.50. The summed E-state index contributed by atoms with van der Waals surface area (Å²) in [6.07, 6.45) is -1.18. The van der Waals surface area contributed by atoms with Crippen molar-refractivity contribution in [1.82, 2.24) is 9.80 Å². The first-order valence-electron chi connectivity index (χ1n) is 14.2. The third kappa shape index (κ3) is 6.99. The molecular weight excluding hydrogens is 544 g/mol. The molecule has 0 aromatic heterocycles. The van der Waals surface area contributed by atoms with Gasteiger partial charge in [0.2, 0.25) is 0 Å². The fourth-order valence-electron chi connectivity index (χ4n) is 5.66. The Labute approximate surface area is 250 Å². The molecule has 0 radical (unpaired) electrons. The van der Waals surface area contributed by atoms with E-state index in [2.05, 4.69) is 0 Å². The number of carboxylic acids is 1. The van der Waals surface area contributed by atoms with E-state index in [1.54, 1.807) is 46.2 Å². The topological polar surface area (TPSA) is 118 Å². The van der Waals surface area contributed by atoms with E-state index in [0.29, 0.717) is 24.0 Å². The van der Waals surface area contributed by atoms with E-state index < -0.39 is 30.3 Å². The zero-order valence-electron chi connectivity index (χ0n) is 23.6. The van der Waals surface area contributed by atoms with Gasteiger partial charge in [-0.15, -0.1) is 0 Å². The largest absolute Gasteiger partial charge is 0.478 e. The van der Waals surface area contributed by atoms with Gasteiger partial charge in [0.05, 0.1) is 17.6 Å². The molecule has 0 aliphatic carbocycles.